The standard InChI is InChI=1S/C10H15N2O3P.2C2H7N/c1-2-15-10(9(13)12-11)16(14)8-6-4-3-5-7-8;2*1-3-2/h3-7,10,16H,2,11H2,1H3,(H,12,13);2*3H,1-2H3. The molecule has 5 N–H and O–H groups in total. The van der Waals surface area contributed by atoms with E-state index in [0.717, 1.165) is 0 Å². The molecule has 8 heteroatoms. The quantitative estimate of drug-likeness (QED) is 0.260. The molecule has 0 aromatic heterocycles. The highest BCUT2D eigenvalue weighted by Gasteiger charge is 2.25. The Morgan fingerprint density at radius 3 is 2.00 bits per heavy atom. The Morgan fingerprint density at radius 1 is 1.18 bits per heavy atom. The summed E-state index contributed by atoms with van der Waals surface area (Å²) in [5.74, 6) is 3.46. The van der Waals surface area contributed by atoms with Crippen LogP contribution < -0.4 is 27.2 Å². The van der Waals surface area contributed by atoms with Crippen molar-refractivity contribution >= 4 is 19.0 Å². The Hall–Kier alpha value is -1.24. The van der Waals surface area contributed by atoms with E-state index >= 15 is 0 Å². The van der Waals surface area contributed by atoms with E-state index in [1.54, 1.807) is 31.2 Å². The van der Waals surface area contributed by atoms with Crippen LogP contribution in [0.4, 0.5) is 0 Å². The number of carbonyl (C=O) groups excluding carboxylic acids is 1. The van der Waals surface area contributed by atoms with Crippen molar-refractivity contribution in [2.75, 3.05) is 34.8 Å². The van der Waals surface area contributed by atoms with E-state index in [1.165, 1.54) is 0 Å². The van der Waals surface area contributed by atoms with E-state index in [2.05, 4.69) is 10.6 Å². The fourth-order valence-electron chi connectivity index (χ4n) is 1.27. The normalized spacial score (nSPS) is 11.9. The third kappa shape index (κ3) is 10.5. The van der Waals surface area contributed by atoms with Gasteiger partial charge in [-0.05, 0) is 35.1 Å². The zero-order valence-electron chi connectivity index (χ0n) is 14.0. The van der Waals surface area contributed by atoms with Crippen LogP contribution in [-0.2, 0) is 14.1 Å². The van der Waals surface area contributed by atoms with E-state index in [0.29, 0.717) is 11.9 Å². The van der Waals surface area contributed by atoms with Crippen molar-refractivity contribution in [3.05, 3.63) is 30.3 Å². The van der Waals surface area contributed by atoms with Crippen molar-refractivity contribution in [2.24, 2.45) is 5.84 Å². The molecule has 1 rings (SSSR count). The number of rotatable bonds is 5. The monoisotopic (exact) mass is 332 g/mol. The van der Waals surface area contributed by atoms with Gasteiger partial charge in [0.25, 0.3) is 5.91 Å². The van der Waals surface area contributed by atoms with Crippen molar-refractivity contribution < 1.29 is 14.1 Å². The highest BCUT2D eigenvalue weighted by molar-refractivity contribution is 7.55. The Bertz CT molecular complexity index is 402. The number of hydrogen-bond donors (Lipinski definition) is 4. The summed E-state index contributed by atoms with van der Waals surface area (Å²) in [6.45, 7) is 2.04. The maximum atomic E-state index is 12.1. The van der Waals surface area contributed by atoms with Gasteiger partial charge in [0.05, 0.1) is 0 Å². The molecule has 0 spiro atoms. The van der Waals surface area contributed by atoms with E-state index in [1.807, 2.05) is 39.7 Å². The Labute approximate surface area is 133 Å². The molecule has 1 aromatic carbocycles. The summed E-state index contributed by atoms with van der Waals surface area (Å²) in [6.07, 6.45) is 0. The van der Waals surface area contributed by atoms with Gasteiger partial charge in [0, 0.05) is 11.9 Å². The van der Waals surface area contributed by atoms with Crippen molar-refractivity contribution in [1.29, 1.82) is 0 Å². The molecule has 0 saturated carbocycles. The molecule has 0 heterocycles. The van der Waals surface area contributed by atoms with Crippen molar-refractivity contribution in [3.8, 4) is 0 Å². The zero-order valence-corrected chi connectivity index (χ0v) is 15.0. The molecule has 22 heavy (non-hydrogen) atoms. The summed E-state index contributed by atoms with van der Waals surface area (Å²) in [5.41, 5.74) is 1.96. The number of hydrazine groups is 1. The zero-order chi connectivity index (χ0) is 17.4. The van der Waals surface area contributed by atoms with Gasteiger partial charge in [-0.15, -0.1) is 0 Å². The highest BCUT2D eigenvalue weighted by Crippen LogP contribution is 2.28. The average molecular weight is 332 g/mol. The fourth-order valence-corrected chi connectivity index (χ4v) is 2.73. The van der Waals surface area contributed by atoms with Crippen LogP contribution in [0.25, 0.3) is 0 Å². The first-order valence-electron chi connectivity index (χ1n) is 6.92. The number of nitrogens with one attached hydrogen (secondary N) is 3. The highest BCUT2D eigenvalue weighted by atomic mass is 31.1. The van der Waals surface area contributed by atoms with Gasteiger partial charge in [-0.3, -0.25) is 10.2 Å². The summed E-state index contributed by atoms with van der Waals surface area (Å²) >= 11 is 0. The number of amides is 1. The van der Waals surface area contributed by atoms with Gasteiger partial charge >= 0.3 is 0 Å². The van der Waals surface area contributed by atoms with Crippen LogP contribution in [-0.4, -0.2) is 46.5 Å². The van der Waals surface area contributed by atoms with Gasteiger partial charge in [0.2, 0.25) is 0 Å². The summed E-state index contributed by atoms with van der Waals surface area (Å²) in [4.78, 5) is 11.4. The third-order valence-electron chi connectivity index (χ3n) is 2.01. The molecule has 2 unspecified atom stereocenters. The number of benzene rings is 1. The topological polar surface area (TPSA) is 105 Å². The minimum Gasteiger partial charge on any atom is -0.361 e. The first-order chi connectivity index (χ1) is 10.5. The molecule has 1 amide bonds. The Balaban J connectivity index is 0. The SMILES string of the molecule is CCOC(C(=O)NN)[PH](=O)c1ccccc1.CNC.CNC. The second-order valence-electron chi connectivity index (χ2n) is 4.07. The summed E-state index contributed by atoms with van der Waals surface area (Å²) in [7, 11) is 5.16. The molecule has 0 aliphatic rings. The molecule has 1 aromatic rings. The first-order valence-corrected chi connectivity index (χ1v) is 8.40. The van der Waals surface area contributed by atoms with Crippen LogP contribution in [0.1, 0.15) is 6.92 Å². The summed E-state index contributed by atoms with van der Waals surface area (Å²) < 4.78 is 17.2. The van der Waals surface area contributed by atoms with Crippen molar-refractivity contribution in [3.63, 3.8) is 0 Å². The van der Waals surface area contributed by atoms with Gasteiger partial charge in [-0.25, -0.2) is 5.84 Å². The third-order valence-corrected chi connectivity index (χ3v) is 3.82. The molecule has 128 valence electrons. The maximum Gasteiger partial charge on any atom is 0.270 e. The summed E-state index contributed by atoms with van der Waals surface area (Å²) in [5, 5.41) is 6.11. The lowest BCUT2D eigenvalue weighted by molar-refractivity contribution is -0.127. The molecular weight excluding hydrogens is 303 g/mol. The average Bonchev–Trinajstić information content (AvgIpc) is 2.53. The van der Waals surface area contributed by atoms with E-state index in [4.69, 9.17) is 10.6 Å². The van der Waals surface area contributed by atoms with Crippen molar-refractivity contribution in [2.45, 2.75) is 12.8 Å². The molecule has 0 aliphatic carbocycles. The minimum atomic E-state index is -2.34. The van der Waals surface area contributed by atoms with E-state index in [-0.39, 0.29) is 0 Å². The van der Waals surface area contributed by atoms with Gasteiger partial charge in [-0.2, -0.15) is 0 Å². The second kappa shape index (κ2) is 16.1. The lowest BCUT2D eigenvalue weighted by Gasteiger charge is -2.14. The predicted octanol–water partition coefficient (Wildman–Crippen LogP) is -0.105. The molecule has 0 aliphatic heterocycles. The predicted molar refractivity (Wildman–Crippen MR) is 92.8 cm³/mol. The molecule has 7 nitrogen and oxygen atoms in total. The van der Waals surface area contributed by atoms with E-state index < -0.39 is 19.6 Å². The van der Waals surface area contributed by atoms with Gasteiger partial charge < -0.3 is 19.9 Å². The number of carbonyl (C=O) groups is 1. The maximum absolute atomic E-state index is 12.1. The molecule has 2 atom stereocenters. The minimum absolute atomic E-state index is 0.307. The second-order valence-corrected chi connectivity index (χ2v) is 5.90. The lowest BCUT2D eigenvalue weighted by Crippen LogP contribution is -2.39. The fraction of sp³-hybridized carbons (Fsp3) is 0.500. The molecule has 0 radical (unpaired) electrons. The molecule has 0 saturated heterocycles. The van der Waals surface area contributed by atoms with Gasteiger partial charge in [-0.1, -0.05) is 30.3 Å². The first kappa shape index (κ1) is 23.0. The van der Waals surface area contributed by atoms with E-state index in [9.17, 15) is 9.36 Å². The van der Waals surface area contributed by atoms with Crippen LogP contribution in [0.5, 0.6) is 0 Å². The van der Waals surface area contributed by atoms with Crippen LogP contribution in [0, 0.1) is 0 Å². The van der Waals surface area contributed by atoms with Crippen LogP contribution in [0.3, 0.4) is 0 Å². The largest absolute Gasteiger partial charge is 0.361 e. The smallest absolute Gasteiger partial charge is 0.270 e. The Morgan fingerprint density at radius 2 is 1.64 bits per heavy atom. The number of nitrogens with two attached hydrogens (primary N) is 1. The van der Waals surface area contributed by atoms with Crippen LogP contribution in [0.15, 0.2) is 30.3 Å². The molecule has 0 bridgehead atoms. The van der Waals surface area contributed by atoms with Crippen LogP contribution >= 0.6 is 7.80 Å². The number of ether oxygens (including phenoxy) is 1. The number of hydrogen-bond acceptors (Lipinski definition) is 6. The Kier molecular flexibility index (Phi) is 16.9. The molecular formula is C14H29N4O3P. The van der Waals surface area contributed by atoms with Gasteiger partial charge in [0.15, 0.2) is 5.85 Å². The summed E-state index contributed by atoms with van der Waals surface area (Å²) in [6, 6.07) is 8.76. The van der Waals surface area contributed by atoms with Crippen LogP contribution in [0.2, 0.25) is 0 Å². The molecule has 0 fully saturated rings. The van der Waals surface area contributed by atoms with Crippen molar-refractivity contribution in [1.82, 2.24) is 16.1 Å². The van der Waals surface area contributed by atoms with Gasteiger partial charge in [0.1, 0.15) is 7.80 Å². The lowest BCUT2D eigenvalue weighted by atomic mass is 10.4.